The summed E-state index contributed by atoms with van der Waals surface area (Å²) in [6.07, 6.45) is 5.76. The third kappa shape index (κ3) is 4.04. The molecule has 2 atom stereocenters. The van der Waals surface area contributed by atoms with Crippen molar-refractivity contribution in [1.82, 2.24) is 4.90 Å². The lowest BCUT2D eigenvalue weighted by atomic mass is 10.1. The van der Waals surface area contributed by atoms with Crippen molar-refractivity contribution in [2.75, 3.05) is 27.2 Å². The van der Waals surface area contributed by atoms with Crippen molar-refractivity contribution >= 4 is 0 Å². The average molecular weight is 229 g/mol. The van der Waals surface area contributed by atoms with Crippen LogP contribution in [0.25, 0.3) is 0 Å². The second-order valence-corrected chi connectivity index (χ2v) is 5.01. The van der Waals surface area contributed by atoms with Crippen LogP contribution in [0.2, 0.25) is 0 Å². The maximum atomic E-state index is 6.10. The van der Waals surface area contributed by atoms with Gasteiger partial charge in [-0.15, -0.1) is 0 Å². The Labute approximate surface area is 100 Å². The van der Waals surface area contributed by atoms with Crippen molar-refractivity contribution in [2.24, 2.45) is 0 Å². The van der Waals surface area contributed by atoms with Crippen molar-refractivity contribution < 1.29 is 9.47 Å². The van der Waals surface area contributed by atoms with Gasteiger partial charge in [0.25, 0.3) is 0 Å². The number of nitrogens with zero attached hydrogens (tertiary/aromatic N) is 1. The molecule has 1 fully saturated rings. The molecule has 1 aliphatic heterocycles. The van der Waals surface area contributed by atoms with Gasteiger partial charge in [0.05, 0.1) is 12.7 Å². The fraction of sp³-hybridized carbons (Fsp3) is 1.00. The Morgan fingerprint density at radius 1 is 1.31 bits per heavy atom. The normalized spacial score (nSPS) is 30.2. The zero-order valence-electron chi connectivity index (χ0n) is 11.3. The van der Waals surface area contributed by atoms with E-state index in [-0.39, 0.29) is 5.79 Å². The Morgan fingerprint density at radius 3 is 2.62 bits per heavy atom. The van der Waals surface area contributed by atoms with Gasteiger partial charge in [-0.1, -0.05) is 20.3 Å². The van der Waals surface area contributed by atoms with Crippen LogP contribution in [0, 0.1) is 0 Å². The quantitative estimate of drug-likeness (QED) is 0.670. The topological polar surface area (TPSA) is 21.7 Å². The number of hydrogen-bond donors (Lipinski definition) is 0. The largest absolute Gasteiger partial charge is 0.347 e. The third-order valence-electron chi connectivity index (χ3n) is 3.26. The molecular formula is C13H27NO2. The molecule has 16 heavy (non-hydrogen) atoms. The van der Waals surface area contributed by atoms with E-state index in [4.69, 9.17) is 9.47 Å². The van der Waals surface area contributed by atoms with Crippen molar-refractivity contribution in [1.29, 1.82) is 0 Å². The molecule has 0 aromatic rings. The maximum Gasteiger partial charge on any atom is 0.168 e. The summed E-state index contributed by atoms with van der Waals surface area (Å²) < 4.78 is 12.0. The summed E-state index contributed by atoms with van der Waals surface area (Å²) >= 11 is 0. The van der Waals surface area contributed by atoms with Crippen molar-refractivity contribution in [3.05, 3.63) is 0 Å². The Morgan fingerprint density at radius 2 is 2.06 bits per heavy atom. The minimum atomic E-state index is -0.271. The Hall–Kier alpha value is -0.120. The Bertz CT molecular complexity index is 196. The highest BCUT2D eigenvalue weighted by molar-refractivity contribution is 4.78. The molecule has 96 valence electrons. The van der Waals surface area contributed by atoms with Gasteiger partial charge in [-0.3, -0.25) is 0 Å². The molecule has 0 saturated carbocycles. The van der Waals surface area contributed by atoms with Crippen LogP contribution in [0.1, 0.15) is 46.0 Å². The van der Waals surface area contributed by atoms with E-state index in [1.165, 1.54) is 12.8 Å². The standard InChI is InChI=1S/C13H27NO2/c1-5-7-9-13(6-2)15-11-12(16-13)8-10-14(3)4/h12H,5-11H2,1-4H3. The number of hydrogen-bond acceptors (Lipinski definition) is 3. The second kappa shape index (κ2) is 6.58. The molecule has 0 aliphatic carbocycles. The fourth-order valence-corrected chi connectivity index (χ4v) is 2.10. The average Bonchev–Trinajstić information content (AvgIpc) is 2.68. The highest BCUT2D eigenvalue weighted by atomic mass is 16.7. The van der Waals surface area contributed by atoms with E-state index in [1.807, 2.05) is 0 Å². The third-order valence-corrected chi connectivity index (χ3v) is 3.26. The first-order valence-electron chi connectivity index (χ1n) is 6.58. The summed E-state index contributed by atoms with van der Waals surface area (Å²) in [7, 11) is 4.19. The predicted octanol–water partition coefficient (Wildman–Crippen LogP) is 2.65. The van der Waals surface area contributed by atoms with Crippen LogP contribution in [0.15, 0.2) is 0 Å². The van der Waals surface area contributed by atoms with E-state index >= 15 is 0 Å². The van der Waals surface area contributed by atoms with Gasteiger partial charge in [0.2, 0.25) is 0 Å². The maximum absolute atomic E-state index is 6.10. The monoisotopic (exact) mass is 229 g/mol. The van der Waals surface area contributed by atoms with E-state index < -0.39 is 0 Å². The second-order valence-electron chi connectivity index (χ2n) is 5.01. The van der Waals surface area contributed by atoms with Crippen LogP contribution in [0.4, 0.5) is 0 Å². The smallest absolute Gasteiger partial charge is 0.168 e. The van der Waals surface area contributed by atoms with Crippen LogP contribution in [0.5, 0.6) is 0 Å². The highest BCUT2D eigenvalue weighted by Gasteiger charge is 2.38. The zero-order chi connectivity index (χ0) is 12.0. The summed E-state index contributed by atoms with van der Waals surface area (Å²) in [6.45, 7) is 6.21. The zero-order valence-corrected chi connectivity index (χ0v) is 11.3. The molecule has 0 aromatic carbocycles. The van der Waals surface area contributed by atoms with E-state index in [0.29, 0.717) is 6.10 Å². The van der Waals surface area contributed by atoms with Crippen molar-refractivity contribution in [3.8, 4) is 0 Å². The summed E-state index contributed by atoms with van der Waals surface area (Å²) in [5.74, 6) is -0.271. The lowest BCUT2D eigenvalue weighted by Crippen LogP contribution is -2.30. The van der Waals surface area contributed by atoms with Gasteiger partial charge in [0.15, 0.2) is 5.79 Å². The molecule has 3 heteroatoms. The number of unbranched alkanes of at least 4 members (excludes halogenated alkanes) is 1. The highest BCUT2D eigenvalue weighted by Crippen LogP contribution is 2.33. The van der Waals surface area contributed by atoms with Crippen LogP contribution in [0.3, 0.4) is 0 Å². The predicted molar refractivity (Wildman–Crippen MR) is 66.5 cm³/mol. The van der Waals surface area contributed by atoms with E-state index in [9.17, 15) is 0 Å². The Kier molecular flexibility index (Phi) is 5.73. The van der Waals surface area contributed by atoms with Crippen LogP contribution in [-0.4, -0.2) is 44.0 Å². The number of rotatable bonds is 7. The van der Waals surface area contributed by atoms with Gasteiger partial charge in [-0.05, 0) is 33.4 Å². The van der Waals surface area contributed by atoms with E-state index in [0.717, 1.165) is 32.4 Å². The molecule has 1 rings (SSSR count). The SMILES string of the molecule is CCCCC1(CC)OCC(CCN(C)C)O1. The van der Waals surface area contributed by atoms with E-state index in [2.05, 4.69) is 32.8 Å². The van der Waals surface area contributed by atoms with Crippen LogP contribution in [-0.2, 0) is 9.47 Å². The summed E-state index contributed by atoms with van der Waals surface area (Å²) in [4.78, 5) is 2.20. The Balaban J connectivity index is 2.35. The minimum Gasteiger partial charge on any atom is -0.347 e. The molecule has 0 spiro atoms. The molecule has 1 saturated heterocycles. The summed E-state index contributed by atoms with van der Waals surface area (Å²) in [6, 6.07) is 0. The molecule has 0 radical (unpaired) electrons. The van der Waals surface area contributed by atoms with Gasteiger partial charge in [0, 0.05) is 13.0 Å². The van der Waals surface area contributed by atoms with Gasteiger partial charge in [-0.25, -0.2) is 0 Å². The molecule has 1 aliphatic rings. The first-order chi connectivity index (χ1) is 7.62. The minimum absolute atomic E-state index is 0.271. The lowest BCUT2D eigenvalue weighted by molar-refractivity contribution is -0.176. The van der Waals surface area contributed by atoms with Crippen LogP contribution >= 0.6 is 0 Å². The van der Waals surface area contributed by atoms with Gasteiger partial charge in [-0.2, -0.15) is 0 Å². The first kappa shape index (κ1) is 13.9. The van der Waals surface area contributed by atoms with Crippen molar-refractivity contribution in [2.45, 2.75) is 57.8 Å². The molecular weight excluding hydrogens is 202 g/mol. The van der Waals surface area contributed by atoms with Gasteiger partial charge in [0.1, 0.15) is 0 Å². The van der Waals surface area contributed by atoms with Crippen LogP contribution < -0.4 is 0 Å². The van der Waals surface area contributed by atoms with Gasteiger partial charge < -0.3 is 14.4 Å². The molecule has 0 amide bonds. The summed E-state index contributed by atoms with van der Waals surface area (Å²) in [5.41, 5.74) is 0. The first-order valence-corrected chi connectivity index (χ1v) is 6.58. The number of ether oxygens (including phenoxy) is 2. The molecule has 0 aromatic heterocycles. The van der Waals surface area contributed by atoms with Crippen molar-refractivity contribution in [3.63, 3.8) is 0 Å². The molecule has 1 heterocycles. The molecule has 0 bridgehead atoms. The molecule has 0 N–H and O–H groups in total. The molecule has 3 nitrogen and oxygen atoms in total. The van der Waals surface area contributed by atoms with E-state index in [1.54, 1.807) is 0 Å². The van der Waals surface area contributed by atoms with Gasteiger partial charge >= 0.3 is 0 Å². The summed E-state index contributed by atoms with van der Waals surface area (Å²) in [5, 5.41) is 0. The lowest BCUT2D eigenvalue weighted by Gasteiger charge is -2.26. The molecule has 2 unspecified atom stereocenters. The fourth-order valence-electron chi connectivity index (χ4n) is 2.10.